The topological polar surface area (TPSA) is 94.1 Å². The smallest absolute Gasteiger partial charge is 0.293 e. The highest BCUT2D eigenvalue weighted by Gasteiger charge is 2.40. The molecule has 1 atom stereocenters. The van der Waals surface area contributed by atoms with Gasteiger partial charge in [0.25, 0.3) is 11.7 Å². The van der Waals surface area contributed by atoms with Crippen LogP contribution in [0.15, 0.2) is 48.0 Å². The van der Waals surface area contributed by atoms with E-state index >= 15 is 0 Å². The summed E-state index contributed by atoms with van der Waals surface area (Å²) in [6.07, 6.45) is 0. The highest BCUT2D eigenvalue weighted by Crippen LogP contribution is 2.38. The van der Waals surface area contributed by atoms with Gasteiger partial charge in [-0.05, 0) is 24.3 Å². The Labute approximate surface area is 156 Å². The molecule has 0 aliphatic carbocycles. The van der Waals surface area contributed by atoms with Crippen LogP contribution < -0.4 is 19.5 Å². The molecule has 0 radical (unpaired) electrons. The van der Waals surface area contributed by atoms with Crippen molar-refractivity contribution in [3.05, 3.63) is 59.2 Å². The van der Waals surface area contributed by atoms with E-state index in [2.05, 4.69) is 5.32 Å². The van der Waals surface area contributed by atoms with Crippen LogP contribution >= 0.6 is 0 Å². The average molecular weight is 369 g/mol. The second-order valence-corrected chi connectivity index (χ2v) is 5.84. The molecule has 0 bridgehead atoms. The van der Waals surface area contributed by atoms with Gasteiger partial charge < -0.3 is 24.6 Å². The zero-order valence-corrected chi connectivity index (χ0v) is 15.1. The Hall–Kier alpha value is -3.48. The van der Waals surface area contributed by atoms with Gasteiger partial charge in [0.2, 0.25) is 0 Å². The first-order valence-corrected chi connectivity index (χ1v) is 8.14. The van der Waals surface area contributed by atoms with Crippen LogP contribution in [0.1, 0.15) is 17.2 Å². The van der Waals surface area contributed by atoms with E-state index in [0.29, 0.717) is 28.4 Å². The summed E-state index contributed by atoms with van der Waals surface area (Å²) in [4.78, 5) is 24.5. The van der Waals surface area contributed by atoms with Crippen LogP contribution in [0.4, 0.5) is 0 Å². The van der Waals surface area contributed by atoms with Crippen LogP contribution in [0.3, 0.4) is 0 Å². The van der Waals surface area contributed by atoms with Crippen LogP contribution in [0.2, 0.25) is 0 Å². The molecule has 2 aromatic rings. The molecule has 27 heavy (non-hydrogen) atoms. The highest BCUT2D eigenvalue weighted by molar-refractivity contribution is 6.46. The van der Waals surface area contributed by atoms with Crippen LogP contribution in [-0.4, -0.2) is 38.1 Å². The summed E-state index contributed by atoms with van der Waals surface area (Å²) < 4.78 is 15.7. The highest BCUT2D eigenvalue weighted by atomic mass is 16.5. The zero-order valence-electron chi connectivity index (χ0n) is 15.1. The number of benzene rings is 2. The average Bonchev–Trinajstić information content (AvgIpc) is 3.01. The molecule has 1 fully saturated rings. The largest absolute Gasteiger partial charge is 0.507 e. The van der Waals surface area contributed by atoms with Crippen LogP contribution in [0.25, 0.3) is 5.76 Å². The molecular formula is C20H19NO6. The molecule has 3 rings (SSSR count). The molecule has 2 N–H and O–H groups in total. The third-order valence-electron chi connectivity index (χ3n) is 4.36. The van der Waals surface area contributed by atoms with Gasteiger partial charge >= 0.3 is 0 Å². The number of rotatable bonds is 5. The predicted molar refractivity (Wildman–Crippen MR) is 98.0 cm³/mol. The van der Waals surface area contributed by atoms with Crippen molar-refractivity contribution in [1.29, 1.82) is 0 Å². The summed E-state index contributed by atoms with van der Waals surface area (Å²) in [6, 6.07) is 10.8. The van der Waals surface area contributed by atoms with Crippen molar-refractivity contribution in [1.82, 2.24) is 5.32 Å². The molecule has 7 heteroatoms. The minimum atomic E-state index is -0.850. The van der Waals surface area contributed by atoms with E-state index in [0.717, 1.165) is 0 Å². The van der Waals surface area contributed by atoms with Crippen LogP contribution in [0, 0.1) is 0 Å². The number of ketones is 1. The standard InChI is InChI=1S/C20H19NO6/c1-25-12-6-4-5-11(9-12)18(22)16-17(21-20(24)19(16)23)14-8-7-13(26-2)10-15(14)27-3/h4-10,17,22H,1-3H3,(H,21,24)/t17-/m0/s1. The summed E-state index contributed by atoms with van der Waals surface area (Å²) in [5.74, 6) is -0.373. The number of aliphatic hydroxyl groups excluding tert-OH is 1. The van der Waals surface area contributed by atoms with Gasteiger partial charge in [-0.1, -0.05) is 12.1 Å². The monoisotopic (exact) mass is 369 g/mol. The van der Waals surface area contributed by atoms with Crippen molar-refractivity contribution >= 4 is 17.4 Å². The third kappa shape index (κ3) is 3.31. The zero-order chi connectivity index (χ0) is 19.6. The Kier molecular flexibility index (Phi) is 5.03. The molecule has 0 unspecified atom stereocenters. The summed E-state index contributed by atoms with van der Waals surface area (Å²) in [5.41, 5.74) is 0.852. The lowest BCUT2D eigenvalue weighted by Crippen LogP contribution is -2.21. The van der Waals surface area contributed by atoms with Crippen molar-refractivity contribution in [2.45, 2.75) is 6.04 Å². The lowest BCUT2D eigenvalue weighted by molar-refractivity contribution is -0.133. The van der Waals surface area contributed by atoms with E-state index in [9.17, 15) is 14.7 Å². The molecule has 0 spiro atoms. The minimum Gasteiger partial charge on any atom is -0.507 e. The molecule has 0 aromatic heterocycles. The van der Waals surface area contributed by atoms with Crippen molar-refractivity contribution in [2.75, 3.05) is 21.3 Å². The van der Waals surface area contributed by atoms with Crippen molar-refractivity contribution in [2.24, 2.45) is 0 Å². The summed E-state index contributed by atoms with van der Waals surface area (Å²) in [7, 11) is 4.50. The van der Waals surface area contributed by atoms with Crippen molar-refractivity contribution in [3.63, 3.8) is 0 Å². The fraction of sp³-hybridized carbons (Fsp3) is 0.200. The molecule has 1 amide bonds. The SMILES string of the molecule is COc1cccc(C(O)=C2C(=O)C(=O)N[C@H]2c2ccc(OC)cc2OC)c1. The van der Waals surface area contributed by atoms with Gasteiger partial charge in [-0.2, -0.15) is 0 Å². The minimum absolute atomic E-state index is 0.0447. The number of carbonyl (C=O) groups is 2. The van der Waals surface area contributed by atoms with Crippen molar-refractivity contribution in [3.8, 4) is 17.2 Å². The number of nitrogens with one attached hydrogen (secondary N) is 1. The molecule has 1 aliphatic heterocycles. The Morgan fingerprint density at radius 1 is 0.963 bits per heavy atom. The number of carbonyl (C=O) groups excluding carboxylic acids is 2. The third-order valence-corrected chi connectivity index (χ3v) is 4.36. The maximum Gasteiger partial charge on any atom is 0.293 e. The molecule has 1 heterocycles. The number of hydrogen-bond donors (Lipinski definition) is 2. The molecular weight excluding hydrogens is 350 g/mol. The molecule has 7 nitrogen and oxygen atoms in total. The van der Waals surface area contributed by atoms with Gasteiger partial charge in [0.05, 0.1) is 32.9 Å². The lowest BCUT2D eigenvalue weighted by atomic mass is 9.95. The van der Waals surface area contributed by atoms with E-state index in [1.807, 2.05) is 0 Å². The van der Waals surface area contributed by atoms with E-state index in [1.165, 1.54) is 21.3 Å². The van der Waals surface area contributed by atoms with E-state index < -0.39 is 17.7 Å². The van der Waals surface area contributed by atoms with Gasteiger partial charge in [0.1, 0.15) is 23.0 Å². The first kappa shape index (κ1) is 18.3. The van der Waals surface area contributed by atoms with Gasteiger partial charge in [-0.25, -0.2) is 0 Å². The van der Waals surface area contributed by atoms with E-state index in [1.54, 1.807) is 42.5 Å². The predicted octanol–water partition coefficient (Wildman–Crippen LogP) is 2.42. The van der Waals surface area contributed by atoms with Crippen LogP contribution in [0.5, 0.6) is 17.2 Å². The number of Topliss-reactive ketones (excluding diaryl/α,β-unsaturated/α-hetero) is 1. The summed E-state index contributed by atoms with van der Waals surface area (Å²) >= 11 is 0. The Morgan fingerprint density at radius 2 is 1.67 bits per heavy atom. The molecule has 1 saturated heterocycles. The number of amides is 1. The first-order chi connectivity index (χ1) is 13.0. The molecule has 0 saturated carbocycles. The summed E-state index contributed by atoms with van der Waals surface area (Å²) in [6.45, 7) is 0. The Balaban J connectivity index is 2.15. The fourth-order valence-electron chi connectivity index (χ4n) is 2.98. The van der Waals surface area contributed by atoms with Gasteiger partial charge in [0.15, 0.2) is 0 Å². The maximum atomic E-state index is 12.5. The van der Waals surface area contributed by atoms with Crippen molar-refractivity contribution < 1.29 is 28.9 Å². The summed E-state index contributed by atoms with van der Waals surface area (Å²) in [5, 5.41) is 13.4. The van der Waals surface area contributed by atoms with E-state index in [4.69, 9.17) is 14.2 Å². The number of hydrogen-bond acceptors (Lipinski definition) is 6. The Bertz CT molecular complexity index is 934. The molecule has 140 valence electrons. The fourth-order valence-corrected chi connectivity index (χ4v) is 2.98. The van der Waals surface area contributed by atoms with E-state index in [-0.39, 0.29) is 11.3 Å². The normalized spacial score (nSPS) is 18.1. The van der Waals surface area contributed by atoms with Crippen LogP contribution in [-0.2, 0) is 9.59 Å². The van der Waals surface area contributed by atoms with Gasteiger partial charge in [0, 0.05) is 17.2 Å². The first-order valence-electron chi connectivity index (χ1n) is 8.14. The van der Waals surface area contributed by atoms with Gasteiger partial charge in [-0.15, -0.1) is 0 Å². The Morgan fingerprint density at radius 3 is 2.33 bits per heavy atom. The second-order valence-electron chi connectivity index (χ2n) is 5.84. The molecule has 1 aliphatic rings. The van der Waals surface area contributed by atoms with Gasteiger partial charge in [-0.3, -0.25) is 9.59 Å². The number of methoxy groups -OCH3 is 3. The number of ether oxygens (including phenoxy) is 3. The molecule has 2 aromatic carbocycles. The maximum absolute atomic E-state index is 12.5. The lowest BCUT2D eigenvalue weighted by Gasteiger charge is -2.17. The second kappa shape index (κ2) is 7.41. The number of aliphatic hydroxyl groups is 1. The quantitative estimate of drug-likeness (QED) is 0.478.